The molecule has 1 saturated heterocycles. The standard InChI is InChI=1S/C14H30N2/c1-6-13(7-2)8-15-14-10-16(11(3)4)9-12(14)5/h11-15H,6-10H2,1-5H3. The number of nitrogens with one attached hydrogen (secondary N) is 1. The van der Waals surface area contributed by atoms with Crippen LogP contribution in [0.4, 0.5) is 0 Å². The molecule has 1 fully saturated rings. The number of nitrogens with zero attached hydrogens (tertiary/aromatic N) is 1. The zero-order valence-electron chi connectivity index (χ0n) is 11.8. The average Bonchev–Trinajstić information content (AvgIpc) is 2.62. The summed E-state index contributed by atoms with van der Waals surface area (Å²) >= 11 is 0. The lowest BCUT2D eigenvalue weighted by Gasteiger charge is -2.22. The summed E-state index contributed by atoms with van der Waals surface area (Å²) in [4.78, 5) is 2.59. The van der Waals surface area contributed by atoms with Crippen molar-refractivity contribution < 1.29 is 0 Å². The molecule has 1 N–H and O–H groups in total. The van der Waals surface area contributed by atoms with Crippen molar-refractivity contribution in [3.8, 4) is 0 Å². The maximum Gasteiger partial charge on any atom is 0.0233 e. The van der Waals surface area contributed by atoms with Gasteiger partial charge in [0.15, 0.2) is 0 Å². The highest BCUT2D eigenvalue weighted by molar-refractivity contribution is 4.88. The van der Waals surface area contributed by atoms with E-state index in [0.717, 1.165) is 11.8 Å². The van der Waals surface area contributed by atoms with Crippen molar-refractivity contribution in [2.45, 2.75) is 59.5 Å². The lowest BCUT2D eigenvalue weighted by Crippen LogP contribution is -2.39. The summed E-state index contributed by atoms with van der Waals surface area (Å²) < 4.78 is 0. The molecule has 96 valence electrons. The molecule has 0 spiro atoms. The molecule has 2 unspecified atom stereocenters. The predicted molar refractivity (Wildman–Crippen MR) is 71.7 cm³/mol. The molecule has 16 heavy (non-hydrogen) atoms. The first-order valence-electron chi connectivity index (χ1n) is 7.05. The molecular weight excluding hydrogens is 196 g/mol. The van der Waals surface area contributed by atoms with Crippen LogP contribution in [0.25, 0.3) is 0 Å². The molecule has 0 radical (unpaired) electrons. The van der Waals surface area contributed by atoms with Gasteiger partial charge in [0.1, 0.15) is 0 Å². The van der Waals surface area contributed by atoms with Crippen molar-refractivity contribution in [2.24, 2.45) is 11.8 Å². The molecule has 0 aromatic carbocycles. The highest BCUT2D eigenvalue weighted by Crippen LogP contribution is 2.19. The van der Waals surface area contributed by atoms with Gasteiger partial charge in [-0.3, -0.25) is 4.90 Å². The van der Waals surface area contributed by atoms with Gasteiger partial charge in [0, 0.05) is 25.2 Å². The topological polar surface area (TPSA) is 15.3 Å². The Bertz CT molecular complexity index is 187. The van der Waals surface area contributed by atoms with E-state index >= 15 is 0 Å². The van der Waals surface area contributed by atoms with Crippen LogP contribution in [0.1, 0.15) is 47.5 Å². The Balaban J connectivity index is 2.32. The second kappa shape index (κ2) is 6.61. The van der Waals surface area contributed by atoms with Gasteiger partial charge < -0.3 is 5.32 Å². The summed E-state index contributed by atoms with van der Waals surface area (Å²) in [5.74, 6) is 1.66. The zero-order chi connectivity index (χ0) is 12.1. The SMILES string of the molecule is CCC(CC)CNC1CN(C(C)C)CC1C. The third kappa shape index (κ3) is 3.74. The maximum atomic E-state index is 3.78. The van der Waals surface area contributed by atoms with Crippen LogP contribution in [0, 0.1) is 11.8 Å². The van der Waals surface area contributed by atoms with Crippen molar-refractivity contribution in [1.82, 2.24) is 10.2 Å². The number of hydrogen-bond donors (Lipinski definition) is 1. The minimum atomic E-state index is 0.697. The summed E-state index contributed by atoms with van der Waals surface area (Å²) in [7, 11) is 0. The van der Waals surface area contributed by atoms with E-state index in [4.69, 9.17) is 0 Å². The van der Waals surface area contributed by atoms with Crippen molar-refractivity contribution in [3.05, 3.63) is 0 Å². The molecule has 2 atom stereocenters. The van der Waals surface area contributed by atoms with E-state index in [2.05, 4.69) is 44.8 Å². The van der Waals surface area contributed by atoms with Crippen LogP contribution in [-0.2, 0) is 0 Å². The molecule has 0 saturated carbocycles. The van der Waals surface area contributed by atoms with E-state index in [9.17, 15) is 0 Å². The molecule has 2 nitrogen and oxygen atoms in total. The molecule has 0 bridgehead atoms. The van der Waals surface area contributed by atoms with Crippen molar-refractivity contribution in [2.75, 3.05) is 19.6 Å². The first-order valence-corrected chi connectivity index (χ1v) is 7.05. The van der Waals surface area contributed by atoms with Gasteiger partial charge in [-0.05, 0) is 32.2 Å². The number of likely N-dealkylation sites (tertiary alicyclic amines) is 1. The molecule has 1 heterocycles. The van der Waals surface area contributed by atoms with Crippen LogP contribution < -0.4 is 5.32 Å². The van der Waals surface area contributed by atoms with Crippen LogP contribution in [-0.4, -0.2) is 36.6 Å². The molecule has 1 aliphatic rings. The van der Waals surface area contributed by atoms with E-state index in [1.165, 1.54) is 32.5 Å². The Labute approximate surface area is 102 Å². The van der Waals surface area contributed by atoms with Crippen molar-refractivity contribution in [3.63, 3.8) is 0 Å². The van der Waals surface area contributed by atoms with Crippen LogP contribution in [0.2, 0.25) is 0 Å². The molecule has 0 aromatic heterocycles. The maximum absolute atomic E-state index is 3.78. The quantitative estimate of drug-likeness (QED) is 0.749. The summed E-state index contributed by atoms with van der Waals surface area (Å²) in [5, 5.41) is 3.78. The zero-order valence-corrected chi connectivity index (χ0v) is 11.8. The third-order valence-electron chi connectivity index (χ3n) is 4.19. The van der Waals surface area contributed by atoms with Gasteiger partial charge in [-0.1, -0.05) is 33.6 Å². The van der Waals surface area contributed by atoms with Crippen molar-refractivity contribution in [1.29, 1.82) is 0 Å². The fourth-order valence-corrected chi connectivity index (χ4v) is 2.59. The summed E-state index contributed by atoms with van der Waals surface area (Å²) in [5.41, 5.74) is 0. The fraction of sp³-hybridized carbons (Fsp3) is 1.00. The van der Waals surface area contributed by atoms with Crippen LogP contribution in [0.3, 0.4) is 0 Å². The largest absolute Gasteiger partial charge is 0.312 e. The van der Waals surface area contributed by atoms with E-state index < -0.39 is 0 Å². The van der Waals surface area contributed by atoms with Gasteiger partial charge in [0.05, 0.1) is 0 Å². The average molecular weight is 226 g/mol. The number of rotatable bonds is 6. The Morgan fingerprint density at radius 3 is 2.25 bits per heavy atom. The summed E-state index contributed by atoms with van der Waals surface area (Å²) in [6.45, 7) is 15.3. The van der Waals surface area contributed by atoms with Gasteiger partial charge in [-0.2, -0.15) is 0 Å². The molecule has 0 aromatic rings. The van der Waals surface area contributed by atoms with Gasteiger partial charge in [-0.15, -0.1) is 0 Å². The lowest BCUT2D eigenvalue weighted by molar-refractivity contribution is 0.263. The van der Waals surface area contributed by atoms with Crippen LogP contribution in [0.5, 0.6) is 0 Å². The molecule has 0 amide bonds. The summed E-state index contributed by atoms with van der Waals surface area (Å²) in [6, 6.07) is 1.41. The fourth-order valence-electron chi connectivity index (χ4n) is 2.59. The Hall–Kier alpha value is -0.0800. The lowest BCUT2D eigenvalue weighted by atomic mass is 10.0. The van der Waals surface area contributed by atoms with E-state index in [1.807, 2.05) is 0 Å². The van der Waals surface area contributed by atoms with E-state index in [0.29, 0.717) is 12.1 Å². The highest BCUT2D eigenvalue weighted by Gasteiger charge is 2.30. The summed E-state index contributed by atoms with van der Waals surface area (Å²) in [6.07, 6.45) is 2.61. The van der Waals surface area contributed by atoms with Gasteiger partial charge in [0.2, 0.25) is 0 Å². The molecule has 2 heteroatoms. The molecular formula is C14H30N2. The predicted octanol–water partition coefficient (Wildman–Crippen LogP) is 2.74. The second-order valence-corrected chi connectivity index (χ2v) is 5.72. The molecule has 1 aliphatic heterocycles. The Kier molecular flexibility index (Phi) is 5.77. The van der Waals surface area contributed by atoms with E-state index in [1.54, 1.807) is 0 Å². The highest BCUT2D eigenvalue weighted by atomic mass is 15.2. The Morgan fingerprint density at radius 2 is 1.81 bits per heavy atom. The van der Waals surface area contributed by atoms with Crippen LogP contribution in [0.15, 0.2) is 0 Å². The third-order valence-corrected chi connectivity index (χ3v) is 4.19. The Morgan fingerprint density at radius 1 is 1.19 bits per heavy atom. The second-order valence-electron chi connectivity index (χ2n) is 5.72. The van der Waals surface area contributed by atoms with Crippen LogP contribution >= 0.6 is 0 Å². The van der Waals surface area contributed by atoms with Gasteiger partial charge in [-0.25, -0.2) is 0 Å². The minimum Gasteiger partial charge on any atom is -0.312 e. The monoisotopic (exact) mass is 226 g/mol. The smallest absolute Gasteiger partial charge is 0.0233 e. The van der Waals surface area contributed by atoms with Gasteiger partial charge in [0.25, 0.3) is 0 Å². The first kappa shape index (κ1) is 14.0. The minimum absolute atomic E-state index is 0.697. The molecule has 1 rings (SSSR count). The number of hydrogen-bond acceptors (Lipinski definition) is 2. The van der Waals surface area contributed by atoms with E-state index in [-0.39, 0.29) is 0 Å². The van der Waals surface area contributed by atoms with Crippen molar-refractivity contribution >= 4 is 0 Å². The molecule has 0 aliphatic carbocycles. The first-order chi connectivity index (χ1) is 7.58. The van der Waals surface area contributed by atoms with Gasteiger partial charge >= 0.3 is 0 Å². The normalized spacial score (nSPS) is 27.2.